The van der Waals surface area contributed by atoms with Crippen LogP contribution in [-0.4, -0.2) is 132 Å². The first-order valence-electron chi connectivity index (χ1n) is 27.5. The molecular weight excluding hydrogens is 1810 g/mol. The molecule has 10 rings (SSSR count). The highest BCUT2D eigenvalue weighted by molar-refractivity contribution is 9.11. The molecule has 0 atom stereocenters. The molecule has 4 N–H and O–H groups in total. The second kappa shape index (κ2) is 39.0. The molecule has 3 aliphatic rings. The van der Waals surface area contributed by atoms with Gasteiger partial charge in [-0.25, -0.2) is 22.7 Å². The summed E-state index contributed by atoms with van der Waals surface area (Å²) in [4.78, 5) is 102. The number of aryl methyl sites for hydroxylation is 2. The van der Waals surface area contributed by atoms with Crippen LogP contribution in [0.4, 0.5) is 20.2 Å². The first-order chi connectivity index (χ1) is 47.0. The number of allylic oxidation sites excluding steroid dienone is 4. The molecule has 538 valence electrons. The Morgan fingerprint density at radius 3 is 1.36 bits per heavy atom. The summed E-state index contributed by atoms with van der Waals surface area (Å²) < 4.78 is 124. The fourth-order valence-electron chi connectivity index (χ4n) is 7.10. The van der Waals surface area contributed by atoms with Crippen molar-refractivity contribution in [1.29, 1.82) is 0 Å². The van der Waals surface area contributed by atoms with Gasteiger partial charge in [-0.1, -0.05) is 0 Å². The van der Waals surface area contributed by atoms with Gasteiger partial charge in [0.2, 0.25) is 11.6 Å². The maximum Gasteiger partial charge on any atom is 0.374 e. The molecule has 0 saturated carbocycles. The van der Waals surface area contributed by atoms with Crippen molar-refractivity contribution in [2.24, 2.45) is 13.2 Å². The number of carbonyl (C=O) groups is 9. The van der Waals surface area contributed by atoms with E-state index in [0.717, 1.165) is 49.9 Å². The van der Waals surface area contributed by atoms with Crippen LogP contribution in [0.15, 0.2) is 159 Å². The van der Waals surface area contributed by atoms with Crippen molar-refractivity contribution in [2.45, 2.75) is 48.0 Å². The first kappa shape index (κ1) is 86.3. The lowest BCUT2D eigenvalue weighted by Gasteiger charge is -2.23. The molecule has 0 radical (unpaired) electrons. The number of amides is 1. The number of nitrogen functional groups attached to an aromatic ring is 1. The number of ether oxygens (including phenoxy) is 2. The molecule has 8 heterocycles. The van der Waals surface area contributed by atoms with Crippen molar-refractivity contribution < 1.29 is 86.7 Å². The number of anilines is 2. The largest absolute Gasteiger partial charge is 0.463 e. The Hall–Kier alpha value is -7.09. The molecule has 7 aromatic rings. The van der Waals surface area contributed by atoms with Gasteiger partial charge in [-0.2, -0.15) is 25.3 Å². The van der Waals surface area contributed by atoms with Gasteiger partial charge in [0, 0.05) is 95.5 Å². The Morgan fingerprint density at radius 2 is 0.980 bits per heavy atom. The molecule has 5 aromatic heterocycles. The van der Waals surface area contributed by atoms with E-state index in [0.29, 0.717) is 47.7 Å². The first-order valence-corrected chi connectivity index (χ1v) is 40.1. The number of benzene rings is 2. The van der Waals surface area contributed by atoms with Gasteiger partial charge in [0.05, 0.1) is 67.8 Å². The average Bonchev–Trinajstić information content (AvgIpc) is 1.72. The third-order valence-electron chi connectivity index (χ3n) is 12.1. The molecule has 0 aliphatic carbocycles. The van der Waals surface area contributed by atoms with Crippen LogP contribution in [0.5, 0.6) is 0 Å². The van der Waals surface area contributed by atoms with Gasteiger partial charge in [0.15, 0.2) is 23.1 Å². The highest BCUT2D eigenvalue weighted by atomic mass is 79.9. The SMILES string of the molecule is CC(=O)C1=CC(c2cc(Br)cs2)=NS(=O)(=O)N1C.CC(=O)C1=NS(=O)(=O)NC(c2cc(Br)cs2)=C1.CC(=O)c1cc(Br)cs1.COC(=O)C(=O)CC(=O)c1cc(Br)cs1.COC(=O)C(C)=O.Cc1cc(N)ccc1F.Cc1cc(NC(=O)C2=CC(c3cc(Br)cs3)=NS(=O)(=O)N2C)ccc1F. The summed E-state index contributed by atoms with van der Waals surface area (Å²) in [5, 5.41) is 11.7. The van der Waals surface area contributed by atoms with Crippen molar-refractivity contribution in [3.63, 3.8) is 0 Å². The third-order valence-corrected chi connectivity index (χ3v) is 24.3. The van der Waals surface area contributed by atoms with Gasteiger partial charge in [-0.15, -0.1) is 69.9 Å². The molecule has 0 unspecified atom stereocenters. The molecule has 3 aliphatic heterocycles. The van der Waals surface area contributed by atoms with Crippen molar-refractivity contribution in [2.75, 3.05) is 39.4 Å². The van der Waals surface area contributed by atoms with E-state index in [1.807, 2.05) is 22.2 Å². The van der Waals surface area contributed by atoms with Gasteiger partial charge >= 0.3 is 42.6 Å². The number of nitrogens with two attached hydrogens (primary N) is 1. The zero-order chi connectivity index (χ0) is 76.2. The van der Waals surface area contributed by atoms with Crippen LogP contribution in [0, 0.1) is 25.5 Å². The maximum absolute atomic E-state index is 13.4. The van der Waals surface area contributed by atoms with Gasteiger partial charge in [-0.05, 0) is 197 Å². The molecule has 1 amide bonds. The molecule has 0 fully saturated rings. The van der Waals surface area contributed by atoms with E-state index in [4.69, 9.17) is 5.73 Å². The van der Waals surface area contributed by atoms with E-state index in [1.165, 1.54) is 134 Å². The number of rotatable bonds is 13. The highest BCUT2D eigenvalue weighted by Gasteiger charge is 2.32. The van der Waals surface area contributed by atoms with E-state index in [9.17, 15) is 77.2 Å². The van der Waals surface area contributed by atoms with Crippen molar-refractivity contribution in [3.05, 3.63) is 193 Å². The van der Waals surface area contributed by atoms with Crippen LogP contribution in [0.3, 0.4) is 0 Å². The number of likely N-dealkylation sites (N-methyl/N-ethyl adjacent to an activating group) is 2. The van der Waals surface area contributed by atoms with E-state index < -0.39 is 72.3 Å². The number of carbonyl (C=O) groups excluding carboxylic acids is 9. The number of nitrogens with one attached hydrogen (secondary N) is 2. The van der Waals surface area contributed by atoms with Gasteiger partial charge in [0.25, 0.3) is 5.91 Å². The molecular formula is C61H55Br5F2N8O17S8. The van der Waals surface area contributed by atoms with Crippen LogP contribution in [0.2, 0.25) is 0 Å². The zero-order valence-electron chi connectivity index (χ0n) is 53.8. The number of ketones is 6. The Bertz CT molecular complexity index is 4920. The molecule has 0 saturated heterocycles. The predicted molar refractivity (Wildman–Crippen MR) is 406 cm³/mol. The molecule has 40 heteroatoms. The Balaban J connectivity index is 0.000000260. The third kappa shape index (κ3) is 27.2. The van der Waals surface area contributed by atoms with Crippen LogP contribution in [0.25, 0.3) is 5.70 Å². The van der Waals surface area contributed by atoms with Crippen LogP contribution < -0.4 is 15.8 Å². The maximum atomic E-state index is 13.4. The van der Waals surface area contributed by atoms with Crippen molar-refractivity contribution >= 4 is 254 Å². The smallest absolute Gasteiger partial charge is 0.374 e. The minimum absolute atomic E-state index is 0.0664. The Morgan fingerprint density at radius 1 is 0.545 bits per heavy atom. The number of nitrogens with zero attached hydrogens (tertiary/aromatic N) is 5. The van der Waals surface area contributed by atoms with Gasteiger partial charge in [-0.3, -0.25) is 42.6 Å². The summed E-state index contributed by atoms with van der Waals surface area (Å²) >= 11 is 23.0. The number of hydrogen-bond acceptors (Lipinski definition) is 23. The lowest BCUT2D eigenvalue weighted by molar-refractivity contribution is -0.151. The molecule has 0 spiro atoms. The normalized spacial score (nSPS) is 14.1. The van der Waals surface area contributed by atoms with E-state index >= 15 is 0 Å². The molecule has 101 heavy (non-hydrogen) atoms. The van der Waals surface area contributed by atoms with E-state index in [-0.39, 0.29) is 57.5 Å². The number of methoxy groups -OCH3 is 2. The molecule has 0 bridgehead atoms. The Labute approximate surface area is 640 Å². The summed E-state index contributed by atoms with van der Waals surface area (Å²) in [5.74, 6) is -5.35. The number of esters is 2. The van der Waals surface area contributed by atoms with E-state index in [1.54, 1.807) is 67.9 Å². The number of thiophene rings is 5. The summed E-state index contributed by atoms with van der Waals surface area (Å²) in [5.41, 5.74) is 8.09. The minimum Gasteiger partial charge on any atom is -0.463 e. The fourth-order valence-corrected chi connectivity index (χ4v) is 16.9. The summed E-state index contributed by atoms with van der Waals surface area (Å²) in [6, 6.07) is 17.3. The Kier molecular flexibility index (Phi) is 33.3. The molecule has 25 nitrogen and oxygen atoms in total. The quantitative estimate of drug-likeness (QED) is 0.0317. The lowest BCUT2D eigenvalue weighted by atomic mass is 10.2. The second-order valence-electron chi connectivity index (χ2n) is 19.8. The highest BCUT2D eigenvalue weighted by Crippen LogP contribution is 2.30. The zero-order valence-corrected chi connectivity index (χ0v) is 68.3. The topological polar surface area (TPSA) is 368 Å². The fraction of sp³-hybridized carbons (Fsp3) is 0.180. The standard InChI is InChI=1S/C16H13BrFN3O3S2.C10H9BrN2O3S2.C9H7BrN2O3S2.C9H7BrO4S.C7H8FN.C6H5BrOS.C4H6O3/c1-9-5-11(3-4-12(9)18)19-16(22)14-7-13(15-6-10(17)8-25-15)20-26(23,24)21(14)2;1-6(14)9-4-8(10-3-7(11)5-17-10)12-18(15,16)13(9)2;1-5(13)7-3-8(12-17(14,15)11-7)9-2-6(10)4-16-9;1-14-9(13)7(12)3-6(11)8-2-5(10)4-15-8;1-5-4-6(9)2-3-7(5)8;1-4(8)6-2-5(7)3-9-6;1-3(5)4(6)7-2/h3-8H,1-2H3,(H,19,22);3-5H,1-2H3;2-4,12H,1H3;2,4H,3H2,1H3;2-4H,9H2,1H3;2-3H,1H3;1-2H3. The van der Waals surface area contributed by atoms with Crippen molar-refractivity contribution in [1.82, 2.24) is 13.3 Å². The van der Waals surface area contributed by atoms with Crippen LogP contribution in [-0.2, 0) is 73.7 Å². The van der Waals surface area contributed by atoms with Crippen LogP contribution >= 0.6 is 136 Å². The number of Topliss-reactive ketones (excluding diaryl/α,β-unsaturated/α-hetero) is 6. The monoisotopic (exact) mass is 1860 g/mol. The summed E-state index contributed by atoms with van der Waals surface area (Å²) in [6.45, 7) is 8.58. The average molecular weight is 1870 g/mol. The van der Waals surface area contributed by atoms with Crippen LogP contribution in [0.1, 0.15) is 79.2 Å². The number of halogens is 7. The molecule has 2 aromatic carbocycles. The van der Waals surface area contributed by atoms with Crippen molar-refractivity contribution in [3.8, 4) is 0 Å². The predicted octanol–water partition coefficient (Wildman–Crippen LogP) is 13.2. The van der Waals surface area contributed by atoms with E-state index in [2.05, 4.69) is 112 Å². The van der Waals surface area contributed by atoms with Gasteiger partial charge in [0.1, 0.15) is 23.0 Å². The summed E-state index contributed by atoms with van der Waals surface area (Å²) in [6.07, 6.45) is 3.88. The summed E-state index contributed by atoms with van der Waals surface area (Å²) in [7, 11) is -6.83. The second-order valence-corrected chi connectivity index (χ2v) is 33.5. The van der Waals surface area contributed by atoms with Gasteiger partial charge < -0.3 is 20.5 Å². The minimum atomic E-state index is -4.03. The lowest BCUT2D eigenvalue weighted by Crippen LogP contribution is -2.35. The number of hydrogen-bond donors (Lipinski definition) is 3.